The van der Waals surface area contributed by atoms with Gasteiger partial charge in [0.25, 0.3) is 5.91 Å². The Labute approximate surface area is 174 Å². The Hall–Kier alpha value is -1.46. The largest absolute Gasteiger partial charge is 0.493 e. The topological polar surface area (TPSA) is 50.8 Å². The van der Waals surface area contributed by atoms with Crippen LogP contribution in [0.3, 0.4) is 0 Å². The summed E-state index contributed by atoms with van der Waals surface area (Å²) in [6, 6.07) is 5.65. The van der Waals surface area contributed by atoms with Crippen molar-refractivity contribution in [1.29, 1.82) is 0 Å². The second kappa shape index (κ2) is 9.36. The van der Waals surface area contributed by atoms with Crippen LogP contribution in [-0.4, -0.2) is 50.2 Å². The van der Waals surface area contributed by atoms with Crippen molar-refractivity contribution in [1.82, 2.24) is 10.2 Å². The monoisotopic (exact) mass is 408 g/mol. The van der Waals surface area contributed by atoms with Crippen molar-refractivity contribution in [2.24, 2.45) is 5.41 Å². The smallest absolute Gasteiger partial charge is 0.253 e. The van der Waals surface area contributed by atoms with E-state index in [4.69, 9.17) is 9.47 Å². The molecule has 3 aliphatic rings. The number of piperidine rings is 2. The first-order chi connectivity index (χ1) is 13.2. The van der Waals surface area contributed by atoms with E-state index in [1.54, 1.807) is 7.11 Å². The highest BCUT2D eigenvalue weighted by Gasteiger charge is 2.37. The molecular weight excluding hydrogens is 376 g/mol. The second-order valence-corrected chi connectivity index (χ2v) is 8.43. The fourth-order valence-electron chi connectivity index (χ4n) is 4.91. The van der Waals surface area contributed by atoms with E-state index in [2.05, 4.69) is 5.32 Å². The van der Waals surface area contributed by atoms with E-state index in [1.807, 2.05) is 23.1 Å². The third-order valence-corrected chi connectivity index (χ3v) is 6.78. The number of benzene rings is 1. The first-order valence-electron chi connectivity index (χ1n) is 10.5. The zero-order valence-corrected chi connectivity index (χ0v) is 17.7. The maximum atomic E-state index is 13.0. The molecule has 2 saturated heterocycles. The molecule has 3 fully saturated rings. The Bertz CT molecular complexity index is 660. The zero-order chi connectivity index (χ0) is 18.7. The summed E-state index contributed by atoms with van der Waals surface area (Å²) in [7, 11) is 1.65. The number of carbonyl (C=O) groups excluding carboxylic acids is 1. The van der Waals surface area contributed by atoms with E-state index in [0.29, 0.717) is 16.7 Å². The molecule has 0 atom stereocenters. The molecule has 28 heavy (non-hydrogen) atoms. The van der Waals surface area contributed by atoms with Crippen molar-refractivity contribution in [2.75, 3.05) is 33.3 Å². The molecule has 6 heteroatoms. The highest BCUT2D eigenvalue weighted by molar-refractivity contribution is 5.95. The van der Waals surface area contributed by atoms with Crippen molar-refractivity contribution >= 4 is 18.3 Å². The lowest BCUT2D eigenvalue weighted by atomic mass is 9.71. The predicted molar refractivity (Wildman–Crippen MR) is 113 cm³/mol. The lowest BCUT2D eigenvalue weighted by molar-refractivity contribution is 0.0495. The van der Waals surface area contributed by atoms with Crippen molar-refractivity contribution < 1.29 is 14.3 Å². The summed E-state index contributed by atoms with van der Waals surface area (Å²) in [5.74, 6) is 1.54. The van der Waals surface area contributed by atoms with Gasteiger partial charge in [0.15, 0.2) is 11.5 Å². The Morgan fingerprint density at radius 1 is 1.07 bits per heavy atom. The van der Waals surface area contributed by atoms with E-state index < -0.39 is 0 Å². The highest BCUT2D eigenvalue weighted by atomic mass is 35.5. The number of ether oxygens (including phenoxy) is 2. The van der Waals surface area contributed by atoms with Gasteiger partial charge in [0.2, 0.25) is 0 Å². The van der Waals surface area contributed by atoms with Gasteiger partial charge in [-0.1, -0.05) is 0 Å². The standard InChI is InChI=1S/C22H32N2O3.ClH/c1-26-20-16-17(6-7-19(20)27-18-4-2-3-5-18)21(25)24-14-10-22(11-15-24)8-12-23-13-9-22;/h6-7,16,18,23H,2-5,8-15H2,1H3;1H. The van der Waals surface area contributed by atoms with Gasteiger partial charge in [-0.3, -0.25) is 4.79 Å². The maximum Gasteiger partial charge on any atom is 0.253 e. The van der Waals surface area contributed by atoms with Crippen LogP contribution in [0.2, 0.25) is 0 Å². The summed E-state index contributed by atoms with van der Waals surface area (Å²) in [4.78, 5) is 15.0. The summed E-state index contributed by atoms with van der Waals surface area (Å²) in [5.41, 5.74) is 1.16. The average molecular weight is 409 g/mol. The van der Waals surface area contributed by atoms with Gasteiger partial charge < -0.3 is 19.7 Å². The summed E-state index contributed by atoms with van der Waals surface area (Å²) in [5, 5.41) is 3.45. The van der Waals surface area contributed by atoms with Crippen LogP contribution in [0, 0.1) is 5.41 Å². The molecule has 1 aromatic rings. The first-order valence-corrected chi connectivity index (χ1v) is 10.5. The van der Waals surface area contributed by atoms with Gasteiger partial charge in [0.1, 0.15) is 0 Å². The van der Waals surface area contributed by atoms with Crippen LogP contribution in [0.15, 0.2) is 18.2 Å². The minimum Gasteiger partial charge on any atom is -0.493 e. The number of methoxy groups -OCH3 is 1. The SMILES string of the molecule is COc1cc(C(=O)N2CCC3(CCNCC3)CC2)ccc1OC1CCCC1.Cl. The molecule has 2 heterocycles. The van der Waals surface area contributed by atoms with Crippen LogP contribution in [-0.2, 0) is 0 Å². The van der Waals surface area contributed by atoms with Crippen LogP contribution < -0.4 is 14.8 Å². The molecule has 1 saturated carbocycles. The molecule has 0 aromatic heterocycles. The number of rotatable bonds is 4. The summed E-state index contributed by atoms with van der Waals surface area (Å²) < 4.78 is 11.6. The van der Waals surface area contributed by atoms with Crippen LogP contribution in [0.25, 0.3) is 0 Å². The van der Waals surface area contributed by atoms with E-state index in [9.17, 15) is 4.79 Å². The van der Waals surface area contributed by atoms with Crippen LogP contribution in [0.5, 0.6) is 11.5 Å². The molecule has 5 nitrogen and oxygen atoms in total. The molecule has 1 aromatic carbocycles. The van der Waals surface area contributed by atoms with Gasteiger partial charge in [0, 0.05) is 18.7 Å². The normalized spacial score (nSPS) is 22.0. The van der Waals surface area contributed by atoms with Crippen molar-refractivity contribution in [3.63, 3.8) is 0 Å². The fraction of sp³-hybridized carbons (Fsp3) is 0.682. The van der Waals surface area contributed by atoms with Gasteiger partial charge in [-0.25, -0.2) is 0 Å². The molecule has 1 spiro atoms. The Balaban J connectivity index is 0.00000225. The summed E-state index contributed by atoms with van der Waals surface area (Å²) in [6.07, 6.45) is 9.70. The van der Waals surface area contributed by atoms with Gasteiger partial charge in [-0.2, -0.15) is 0 Å². The van der Waals surface area contributed by atoms with Crippen molar-refractivity contribution in [2.45, 2.75) is 57.5 Å². The molecule has 4 rings (SSSR count). The lowest BCUT2D eigenvalue weighted by Gasteiger charge is -2.44. The van der Waals surface area contributed by atoms with Crippen molar-refractivity contribution in [3.8, 4) is 11.5 Å². The molecule has 1 amide bonds. The Morgan fingerprint density at radius 2 is 1.75 bits per heavy atom. The maximum absolute atomic E-state index is 13.0. The molecule has 1 aliphatic carbocycles. The van der Waals surface area contributed by atoms with Gasteiger partial charge in [0.05, 0.1) is 13.2 Å². The number of carbonyl (C=O) groups is 1. The summed E-state index contributed by atoms with van der Waals surface area (Å²) in [6.45, 7) is 3.96. The van der Waals surface area contributed by atoms with Crippen LogP contribution >= 0.6 is 12.4 Å². The van der Waals surface area contributed by atoms with Gasteiger partial charge >= 0.3 is 0 Å². The minimum absolute atomic E-state index is 0. The fourth-order valence-corrected chi connectivity index (χ4v) is 4.91. The van der Waals surface area contributed by atoms with E-state index >= 15 is 0 Å². The van der Waals surface area contributed by atoms with E-state index in [1.165, 1.54) is 25.7 Å². The molecule has 0 radical (unpaired) electrons. The second-order valence-electron chi connectivity index (χ2n) is 8.43. The van der Waals surface area contributed by atoms with Crippen LogP contribution in [0.4, 0.5) is 0 Å². The number of halogens is 1. The zero-order valence-electron chi connectivity index (χ0n) is 16.9. The molecule has 2 aliphatic heterocycles. The number of hydrogen-bond acceptors (Lipinski definition) is 4. The van der Waals surface area contributed by atoms with Gasteiger partial charge in [-0.05, 0) is 88.1 Å². The van der Waals surface area contributed by atoms with E-state index in [0.717, 1.165) is 57.6 Å². The number of nitrogens with zero attached hydrogens (tertiary/aromatic N) is 1. The molecular formula is C22H33ClN2O3. The predicted octanol–water partition coefficient (Wildman–Crippen LogP) is 4.04. The summed E-state index contributed by atoms with van der Waals surface area (Å²) >= 11 is 0. The van der Waals surface area contributed by atoms with Crippen LogP contribution in [0.1, 0.15) is 61.7 Å². The number of nitrogens with one attached hydrogen (secondary N) is 1. The number of amides is 1. The Kier molecular flexibility index (Phi) is 7.10. The molecule has 156 valence electrons. The molecule has 0 bridgehead atoms. The molecule has 0 unspecified atom stereocenters. The minimum atomic E-state index is 0. The molecule has 1 N–H and O–H groups in total. The number of hydrogen-bond donors (Lipinski definition) is 1. The van der Waals surface area contributed by atoms with Crippen molar-refractivity contribution in [3.05, 3.63) is 23.8 Å². The average Bonchev–Trinajstić information content (AvgIpc) is 3.22. The lowest BCUT2D eigenvalue weighted by Crippen LogP contribution is -2.47. The third-order valence-electron chi connectivity index (χ3n) is 6.78. The third kappa shape index (κ3) is 4.57. The van der Waals surface area contributed by atoms with Gasteiger partial charge in [-0.15, -0.1) is 12.4 Å². The first kappa shape index (κ1) is 21.3. The highest BCUT2D eigenvalue weighted by Crippen LogP contribution is 2.40. The quantitative estimate of drug-likeness (QED) is 0.816. The number of likely N-dealkylation sites (tertiary alicyclic amines) is 1. The van der Waals surface area contributed by atoms with E-state index in [-0.39, 0.29) is 24.4 Å². The Morgan fingerprint density at radius 3 is 2.39 bits per heavy atom.